The van der Waals surface area contributed by atoms with Gasteiger partial charge in [-0.1, -0.05) is 37.3 Å². The molecule has 1 amide bonds. The van der Waals surface area contributed by atoms with Crippen LogP contribution in [0.15, 0.2) is 30.3 Å². The van der Waals surface area contributed by atoms with E-state index in [4.69, 9.17) is 4.74 Å². The molecule has 4 nitrogen and oxygen atoms in total. The lowest BCUT2D eigenvalue weighted by molar-refractivity contribution is -0.130. The molecule has 0 aromatic heterocycles. The molecule has 0 saturated carbocycles. The van der Waals surface area contributed by atoms with Crippen LogP contribution in [0.25, 0.3) is 0 Å². The molecule has 0 spiro atoms. The van der Waals surface area contributed by atoms with Crippen molar-refractivity contribution in [3.63, 3.8) is 0 Å². The molecule has 1 aromatic rings. The molecule has 1 saturated heterocycles. The Labute approximate surface area is 121 Å². The summed E-state index contributed by atoms with van der Waals surface area (Å²) < 4.78 is 5.05. The highest BCUT2D eigenvalue weighted by molar-refractivity contribution is 5.80. The van der Waals surface area contributed by atoms with E-state index in [0.29, 0.717) is 5.92 Å². The summed E-state index contributed by atoms with van der Waals surface area (Å²) in [5, 5.41) is 3.09. The Kier molecular flexibility index (Phi) is 5.15. The van der Waals surface area contributed by atoms with Crippen LogP contribution in [-0.4, -0.2) is 43.2 Å². The maximum Gasteiger partial charge on any atom is 0.249 e. The normalized spacial score (nSPS) is 24.6. The molecular weight excluding hydrogens is 252 g/mol. The molecule has 1 N–H and O–H groups in total. The van der Waals surface area contributed by atoms with Gasteiger partial charge in [0.15, 0.2) is 0 Å². The molecule has 0 aliphatic carbocycles. The lowest BCUT2D eigenvalue weighted by Gasteiger charge is -2.19. The molecule has 1 aliphatic heterocycles. The van der Waals surface area contributed by atoms with Gasteiger partial charge in [-0.2, -0.15) is 0 Å². The van der Waals surface area contributed by atoms with Crippen molar-refractivity contribution in [2.75, 3.05) is 20.2 Å². The maximum absolute atomic E-state index is 11.9. The maximum atomic E-state index is 11.9. The number of carbonyl (C=O) groups excluding carboxylic acids is 1. The number of rotatable bonds is 5. The second-order valence-electron chi connectivity index (χ2n) is 5.65. The number of benzene rings is 1. The first-order valence-electron chi connectivity index (χ1n) is 7.19. The lowest BCUT2D eigenvalue weighted by Crippen LogP contribution is -2.44. The van der Waals surface area contributed by atoms with Crippen molar-refractivity contribution < 1.29 is 9.53 Å². The summed E-state index contributed by atoms with van der Waals surface area (Å²) in [7, 11) is 1.56. The van der Waals surface area contributed by atoms with E-state index in [1.807, 2.05) is 6.07 Å². The van der Waals surface area contributed by atoms with Gasteiger partial charge in [-0.3, -0.25) is 9.69 Å². The summed E-state index contributed by atoms with van der Waals surface area (Å²) >= 11 is 0. The molecule has 110 valence electrons. The number of nitrogens with zero attached hydrogens (tertiary/aromatic N) is 1. The van der Waals surface area contributed by atoms with Crippen molar-refractivity contribution in [2.45, 2.75) is 32.5 Å². The third-order valence-electron chi connectivity index (χ3n) is 3.99. The molecule has 4 heteroatoms. The van der Waals surface area contributed by atoms with Crippen molar-refractivity contribution in [1.82, 2.24) is 10.2 Å². The molecule has 0 radical (unpaired) electrons. The van der Waals surface area contributed by atoms with Crippen molar-refractivity contribution in [2.24, 2.45) is 5.92 Å². The predicted molar refractivity (Wildman–Crippen MR) is 79.3 cm³/mol. The third kappa shape index (κ3) is 3.81. The van der Waals surface area contributed by atoms with Crippen LogP contribution in [-0.2, 0) is 16.1 Å². The standard InChI is InChI=1S/C16H24N2O2/c1-12-9-18(10-14-7-5-4-6-8-14)11-15(12)17-16(19)13(2)20-3/h4-8,12-13,15H,9-11H2,1-3H3,(H,17,19)/t12-,13-,15-/m1/s1. The summed E-state index contributed by atoms with van der Waals surface area (Å²) in [5.74, 6) is 0.442. The summed E-state index contributed by atoms with van der Waals surface area (Å²) in [6.07, 6.45) is -0.384. The highest BCUT2D eigenvalue weighted by Crippen LogP contribution is 2.19. The fourth-order valence-corrected chi connectivity index (χ4v) is 2.63. The van der Waals surface area contributed by atoms with Crippen LogP contribution in [0.4, 0.5) is 0 Å². The smallest absolute Gasteiger partial charge is 0.249 e. The third-order valence-corrected chi connectivity index (χ3v) is 3.99. The topological polar surface area (TPSA) is 41.6 Å². The van der Waals surface area contributed by atoms with Gasteiger partial charge in [0.05, 0.1) is 0 Å². The number of likely N-dealkylation sites (tertiary alicyclic amines) is 1. The van der Waals surface area contributed by atoms with Gasteiger partial charge in [0, 0.05) is 32.8 Å². The van der Waals surface area contributed by atoms with Crippen molar-refractivity contribution >= 4 is 5.91 Å². The van der Waals surface area contributed by atoms with E-state index in [1.165, 1.54) is 5.56 Å². The first-order valence-corrected chi connectivity index (χ1v) is 7.19. The van der Waals surface area contributed by atoms with Crippen LogP contribution in [0.5, 0.6) is 0 Å². The SMILES string of the molecule is CO[C@H](C)C(=O)N[C@@H]1CN(Cc2ccccc2)C[C@H]1C. The summed E-state index contributed by atoms with van der Waals surface area (Å²) in [4.78, 5) is 14.3. The van der Waals surface area contributed by atoms with Crippen LogP contribution in [0.1, 0.15) is 19.4 Å². The molecule has 3 atom stereocenters. The summed E-state index contributed by atoms with van der Waals surface area (Å²) in [6.45, 7) is 6.82. The molecule has 0 bridgehead atoms. The highest BCUT2D eigenvalue weighted by atomic mass is 16.5. The van der Waals surface area contributed by atoms with Gasteiger partial charge in [-0.05, 0) is 18.4 Å². The Morgan fingerprint density at radius 3 is 2.75 bits per heavy atom. The lowest BCUT2D eigenvalue weighted by atomic mass is 10.1. The van der Waals surface area contributed by atoms with Gasteiger partial charge in [0.2, 0.25) is 5.91 Å². The van der Waals surface area contributed by atoms with E-state index in [0.717, 1.165) is 19.6 Å². The fraction of sp³-hybridized carbons (Fsp3) is 0.562. The summed E-state index contributed by atoms with van der Waals surface area (Å²) in [6, 6.07) is 10.7. The van der Waals surface area contributed by atoms with E-state index in [-0.39, 0.29) is 18.1 Å². The molecule has 20 heavy (non-hydrogen) atoms. The van der Waals surface area contributed by atoms with E-state index in [9.17, 15) is 4.79 Å². The van der Waals surface area contributed by atoms with Crippen LogP contribution >= 0.6 is 0 Å². The Morgan fingerprint density at radius 2 is 2.10 bits per heavy atom. The van der Waals surface area contributed by atoms with Gasteiger partial charge in [0.25, 0.3) is 0 Å². The average molecular weight is 276 g/mol. The Balaban J connectivity index is 1.87. The minimum Gasteiger partial charge on any atom is -0.372 e. The van der Waals surface area contributed by atoms with Crippen LogP contribution < -0.4 is 5.32 Å². The van der Waals surface area contributed by atoms with Gasteiger partial charge >= 0.3 is 0 Å². The van der Waals surface area contributed by atoms with Gasteiger partial charge in [-0.25, -0.2) is 0 Å². The van der Waals surface area contributed by atoms with Crippen LogP contribution in [0.2, 0.25) is 0 Å². The van der Waals surface area contributed by atoms with E-state index < -0.39 is 0 Å². The number of carbonyl (C=O) groups is 1. The van der Waals surface area contributed by atoms with Gasteiger partial charge in [-0.15, -0.1) is 0 Å². The van der Waals surface area contributed by atoms with E-state index in [1.54, 1.807) is 14.0 Å². The van der Waals surface area contributed by atoms with E-state index in [2.05, 4.69) is 41.4 Å². The van der Waals surface area contributed by atoms with Crippen molar-refractivity contribution in [1.29, 1.82) is 0 Å². The fourth-order valence-electron chi connectivity index (χ4n) is 2.63. The first-order chi connectivity index (χ1) is 9.60. The van der Waals surface area contributed by atoms with Crippen molar-refractivity contribution in [3.8, 4) is 0 Å². The molecule has 1 heterocycles. The minimum absolute atomic E-state index is 0.0223. The second kappa shape index (κ2) is 6.86. The number of hydrogen-bond donors (Lipinski definition) is 1. The largest absolute Gasteiger partial charge is 0.372 e. The first kappa shape index (κ1) is 15.0. The minimum atomic E-state index is -0.384. The predicted octanol–water partition coefficient (Wildman–Crippen LogP) is 1.66. The zero-order valence-corrected chi connectivity index (χ0v) is 12.5. The summed E-state index contributed by atoms with van der Waals surface area (Å²) in [5.41, 5.74) is 1.32. The Bertz CT molecular complexity index is 435. The molecule has 1 aromatic carbocycles. The zero-order valence-electron chi connectivity index (χ0n) is 12.5. The van der Waals surface area contributed by atoms with Gasteiger partial charge < -0.3 is 10.1 Å². The number of hydrogen-bond acceptors (Lipinski definition) is 3. The molecule has 0 unspecified atom stereocenters. The molecule has 1 fully saturated rings. The molecule has 2 rings (SSSR count). The quantitative estimate of drug-likeness (QED) is 0.889. The number of amides is 1. The van der Waals surface area contributed by atoms with E-state index >= 15 is 0 Å². The number of methoxy groups -OCH3 is 1. The Hall–Kier alpha value is -1.39. The number of nitrogens with one attached hydrogen (secondary N) is 1. The average Bonchev–Trinajstić information content (AvgIpc) is 2.78. The van der Waals surface area contributed by atoms with Crippen LogP contribution in [0, 0.1) is 5.92 Å². The zero-order chi connectivity index (χ0) is 14.5. The molecule has 1 aliphatic rings. The van der Waals surface area contributed by atoms with Crippen LogP contribution in [0.3, 0.4) is 0 Å². The highest BCUT2D eigenvalue weighted by Gasteiger charge is 2.31. The molecular formula is C16H24N2O2. The van der Waals surface area contributed by atoms with Crippen molar-refractivity contribution in [3.05, 3.63) is 35.9 Å². The second-order valence-corrected chi connectivity index (χ2v) is 5.65. The monoisotopic (exact) mass is 276 g/mol. The number of ether oxygens (including phenoxy) is 1. The Morgan fingerprint density at radius 1 is 1.40 bits per heavy atom. The van der Waals surface area contributed by atoms with Gasteiger partial charge in [0.1, 0.15) is 6.10 Å².